The summed E-state index contributed by atoms with van der Waals surface area (Å²) in [5.41, 5.74) is 1.87. The molecule has 0 spiro atoms. The Morgan fingerprint density at radius 3 is 2.28 bits per heavy atom. The second kappa shape index (κ2) is 9.53. The molecule has 0 radical (unpaired) electrons. The highest BCUT2D eigenvalue weighted by atomic mass is 16.6. The number of carbonyl (C=O) groups is 1. The Hall–Kier alpha value is -2.21. The van der Waals surface area contributed by atoms with Crippen LogP contribution in [-0.2, 0) is 27.3 Å². The molecule has 29 heavy (non-hydrogen) atoms. The molecule has 5 nitrogen and oxygen atoms in total. The maximum absolute atomic E-state index is 13.5. The van der Waals surface area contributed by atoms with Crippen LogP contribution in [0.1, 0.15) is 31.9 Å². The van der Waals surface area contributed by atoms with Crippen LogP contribution in [0.2, 0.25) is 0 Å². The van der Waals surface area contributed by atoms with Gasteiger partial charge in [0.15, 0.2) is 0 Å². The van der Waals surface area contributed by atoms with Gasteiger partial charge in [0.05, 0.1) is 31.8 Å². The molecule has 2 aromatic carbocycles. The molecular formula is C24H31NO4. The topological polar surface area (TPSA) is 59.0 Å². The van der Waals surface area contributed by atoms with Gasteiger partial charge in [0, 0.05) is 0 Å². The average molecular weight is 398 g/mol. The van der Waals surface area contributed by atoms with Crippen molar-refractivity contribution < 1.29 is 19.4 Å². The van der Waals surface area contributed by atoms with Gasteiger partial charge in [-0.3, -0.25) is 9.69 Å². The Bertz CT molecular complexity index is 772. The van der Waals surface area contributed by atoms with Crippen LogP contribution >= 0.6 is 0 Å². The van der Waals surface area contributed by atoms with E-state index in [1.165, 1.54) is 4.90 Å². The first kappa shape index (κ1) is 21.5. The molecule has 0 aromatic heterocycles. The number of hydrogen-bond acceptors (Lipinski definition) is 4. The third kappa shape index (κ3) is 5.66. The summed E-state index contributed by atoms with van der Waals surface area (Å²) in [7, 11) is 0. The molecule has 5 heteroatoms. The zero-order valence-corrected chi connectivity index (χ0v) is 17.5. The van der Waals surface area contributed by atoms with Crippen LogP contribution in [0.25, 0.3) is 0 Å². The van der Waals surface area contributed by atoms with E-state index in [9.17, 15) is 9.90 Å². The average Bonchev–Trinajstić information content (AvgIpc) is 3.05. The minimum atomic E-state index is -1.21. The summed E-state index contributed by atoms with van der Waals surface area (Å²) in [4.78, 5) is 14.9. The quantitative estimate of drug-likeness (QED) is 0.775. The lowest BCUT2D eigenvalue weighted by atomic mass is 9.80. The second-order valence-corrected chi connectivity index (χ2v) is 8.67. The van der Waals surface area contributed by atoms with Gasteiger partial charge in [0.2, 0.25) is 12.3 Å². The summed E-state index contributed by atoms with van der Waals surface area (Å²) in [5.74, 6) is -0.516. The third-order valence-corrected chi connectivity index (χ3v) is 5.38. The van der Waals surface area contributed by atoms with Crippen molar-refractivity contribution in [1.82, 2.24) is 4.90 Å². The van der Waals surface area contributed by atoms with Crippen molar-refractivity contribution in [2.45, 2.75) is 46.3 Å². The summed E-state index contributed by atoms with van der Waals surface area (Å²) < 4.78 is 11.3. The Balaban J connectivity index is 1.69. The maximum atomic E-state index is 13.5. The predicted octanol–water partition coefficient (Wildman–Crippen LogP) is 3.61. The van der Waals surface area contributed by atoms with Crippen LogP contribution < -0.4 is 0 Å². The Morgan fingerprint density at radius 2 is 1.69 bits per heavy atom. The first-order valence-electron chi connectivity index (χ1n) is 10.1. The molecule has 1 aliphatic heterocycles. The molecule has 1 fully saturated rings. The van der Waals surface area contributed by atoms with Crippen molar-refractivity contribution in [3.05, 3.63) is 71.8 Å². The van der Waals surface area contributed by atoms with Crippen molar-refractivity contribution in [1.29, 1.82) is 0 Å². The molecule has 0 bridgehead atoms. The fraction of sp³-hybridized carbons (Fsp3) is 0.458. The lowest BCUT2D eigenvalue weighted by molar-refractivity contribution is -0.174. The molecular weight excluding hydrogens is 366 g/mol. The molecule has 2 unspecified atom stereocenters. The smallest absolute Gasteiger partial charge is 0.240 e. The van der Waals surface area contributed by atoms with E-state index in [4.69, 9.17) is 9.47 Å². The molecule has 1 saturated heterocycles. The van der Waals surface area contributed by atoms with Gasteiger partial charge in [-0.1, -0.05) is 81.4 Å². The zero-order chi connectivity index (χ0) is 20.9. The minimum Gasteiger partial charge on any atom is -0.376 e. The molecule has 3 rings (SSSR count). The molecule has 156 valence electrons. The third-order valence-electron chi connectivity index (χ3n) is 5.38. The lowest BCUT2D eigenvalue weighted by Crippen LogP contribution is -2.50. The molecule has 2 aromatic rings. The fourth-order valence-corrected chi connectivity index (χ4v) is 3.61. The summed E-state index contributed by atoms with van der Waals surface area (Å²) >= 11 is 0. The number of rotatable bonds is 7. The second-order valence-electron chi connectivity index (χ2n) is 8.67. The van der Waals surface area contributed by atoms with Crippen LogP contribution in [0.3, 0.4) is 0 Å². The highest BCUT2D eigenvalue weighted by molar-refractivity contribution is 5.80. The van der Waals surface area contributed by atoms with Crippen LogP contribution in [0.4, 0.5) is 0 Å². The largest absolute Gasteiger partial charge is 0.376 e. The first-order valence-corrected chi connectivity index (χ1v) is 10.1. The first-order chi connectivity index (χ1) is 13.9. The lowest BCUT2D eigenvalue weighted by Gasteiger charge is -2.35. The standard InChI is InChI=1S/C24H31NO4/c1-24(2,3)21(17-28-15-19-12-8-5-9-13-19)22(26)25-20(16-29-23(25)27)14-18-10-6-4-7-11-18/h4-13,20-21,23,27H,14-17H2,1-3H3/t20?,21-,23?/m0/s1. The fourth-order valence-electron chi connectivity index (χ4n) is 3.61. The van der Waals surface area contributed by atoms with Crippen molar-refractivity contribution in [3.8, 4) is 0 Å². The van der Waals surface area contributed by atoms with Crippen LogP contribution in [0.5, 0.6) is 0 Å². The van der Waals surface area contributed by atoms with Crippen molar-refractivity contribution in [3.63, 3.8) is 0 Å². The van der Waals surface area contributed by atoms with Crippen LogP contribution in [0, 0.1) is 11.3 Å². The van der Waals surface area contributed by atoms with Crippen LogP contribution in [-0.4, -0.2) is 41.6 Å². The number of amides is 1. The van der Waals surface area contributed by atoms with Crippen molar-refractivity contribution >= 4 is 5.91 Å². The SMILES string of the molecule is CC(C)(C)[C@@H](COCc1ccccc1)C(=O)N1C(Cc2ccccc2)COC1O. The van der Waals surface area contributed by atoms with E-state index in [2.05, 4.69) is 0 Å². The number of nitrogens with zero attached hydrogens (tertiary/aromatic N) is 1. The molecule has 3 atom stereocenters. The molecule has 1 aliphatic rings. The van der Waals surface area contributed by atoms with Crippen molar-refractivity contribution in [2.75, 3.05) is 13.2 Å². The number of hydrogen-bond donors (Lipinski definition) is 1. The number of ether oxygens (including phenoxy) is 2. The van der Waals surface area contributed by atoms with E-state index in [0.717, 1.165) is 11.1 Å². The highest BCUT2D eigenvalue weighted by Gasteiger charge is 2.43. The van der Waals surface area contributed by atoms with Gasteiger partial charge in [-0.05, 0) is 23.0 Å². The highest BCUT2D eigenvalue weighted by Crippen LogP contribution is 2.31. The van der Waals surface area contributed by atoms with E-state index in [0.29, 0.717) is 26.2 Å². The number of aliphatic hydroxyl groups excluding tert-OH is 1. The Labute approximate surface area is 173 Å². The molecule has 0 aliphatic carbocycles. The number of aliphatic hydroxyl groups is 1. The summed E-state index contributed by atoms with van der Waals surface area (Å²) in [6.07, 6.45) is -0.569. The van der Waals surface area contributed by atoms with Gasteiger partial charge in [0.25, 0.3) is 0 Å². The zero-order valence-electron chi connectivity index (χ0n) is 17.5. The Kier molecular flexibility index (Phi) is 7.06. The molecule has 1 amide bonds. The van der Waals surface area contributed by atoms with Gasteiger partial charge in [-0.2, -0.15) is 0 Å². The number of carbonyl (C=O) groups excluding carboxylic acids is 1. The van der Waals surface area contributed by atoms with Gasteiger partial charge in [-0.15, -0.1) is 0 Å². The Morgan fingerprint density at radius 1 is 1.10 bits per heavy atom. The van der Waals surface area contributed by atoms with Gasteiger partial charge < -0.3 is 14.6 Å². The monoisotopic (exact) mass is 397 g/mol. The van der Waals surface area contributed by atoms with Gasteiger partial charge in [-0.25, -0.2) is 0 Å². The van der Waals surface area contributed by atoms with Gasteiger partial charge >= 0.3 is 0 Å². The maximum Gasteiger partial charge on any atom is 0.240 e. The molecule has 0 saturated carbocycles. The van der Waals surface area contributed by atoms with E-state index in [1.54, 1.807) is 0 Å². The van der Waals surface area contributed by atoms with Gasteiger partial charge in [0.1, 0.15) is 0 Å². The van der Waals surface area contributed by atoms with Crippen molar-refractivity contribution in [2.24, 2.45) is 11.3 Å². The number of benzene rings is 2. The van der Waals surface area contributed by atoms with E-state index in [-0.39, 0.29) is 23.3 Å². The van der Waals surface area contributed by atoms with E-state index >= 15 is 0 Å². The summed E-state index contributed by atoms with van der Waals surface area (Å²) in [6, 6.07) is 19.7. The normalized spacial score (nSPS) is 20.6. The minimum absolute atomic E-state index is 0.128. The summed E-state index contributed by atoms with van der Waals surface area (Å²) in [6.45, 7) is 7.14. The summed E-state index contributed by atoms with van der Waals surface area (Å²) in [5, 5.41) is 10.4. The van der Waals surface area contributed by atoms with Crippen LogP contribution in [0.15, 0.2) is 60.7 Å². The predicted molar refractivity (Wildman–Crippen MR) is 112 cm³/mol. The molecule has 1 N–H and O–H groups in total. The molecule has 1 heterocycles. The van der Waals surface area contributed by atoms with E-state index < -0.39 is 6.41 Å². The van der Waals surface area contributed by atoms with E-state index in [1.807, 2.05) is 81.4 Å².